The van der Waals surface area contributed by atoms with Crippen molar-refractivity contribution in [2.75, 3.05) is 5.32 Å². The number of halogens is 2. The molecule has 0 unspecified atom stereocenters. The van der Waals surface area contributed by atoms with Crippen molar-refractivity contribution in [1.82, 2.24) is 0 Å². The molecule has 132 valence electrons. The van der Waals surface area contributed by atoms with Gasteiger partial charge >= 0.3 is 0 Å². The van der Waals surface area contributed by atoms with Gasteiger partial charge in [0.25, 0.3) is 11.6 Å². The highest BCUT2D eigenvalue weighted by molar-refractivity contribution is 6.34. The number of carbonyl (C=O) groups is 1. The van der Waals surface area contributed by atoms with Crippen LogP contribution in [-0.2, 0) is 5.41 Å². The molecule has 0 saturated heterocycles. The van der Waals surface area contributed by atoms with Crippen molar-refractivity contribution < 1.29 is 14.8 Å². The number of phenols is 1. The average molecular weight is 383 g/mol. The van der Waals surface area contributed by atoms with Gasteiger partial charge in [0.15, 0.2) is 0 Å². The van der Waals surface area contributed by atoms with Crippen LogP contribution in [0.5, 0.6) is 5.75 Å². The molecule has 0 aliphatic carbocycles. The molecule has 0 atom stereocenters. The van der Waals surface area contributed by atoms with Crippen LogP contribution >= 0.6 is 23.2 Å². The van der Waals surface area contributed by atoms with Crippen LogP contribution < -0.4 is 5.32 Å². The number of nitro benzene ring substituents is 1. The van der Waals surface area contributed by atoms with Gasteiger partial charge in [0.05, 0.1) is 21.2 Å². The lowest BCUT2D eigenvalue weighted by molar-refractivity contribution is -0.384. The molecule has 0 fully saturated rings. The summed E-state index contributed by atoms with van der Waals surface area (Å²) < 4.78 is 0. The third-order valence-electron chi connectivity index (χ3n) is 3.54. The van der Waals surface area contributed by atoms with Gasteiger partial charge < -0.3 is 10.4 Å². The van der Waals surface area contributed by atoms with Crippen molar-refractivity contribution in [2.45, 2.75) is 26.2 Å². The van der Waals surface area contributed by atoms with E-state index in [-0.39, 0.29) is 27.7 Å². The largest absolute Gasteiger partial charge is 0.507 e. The topological polar surface area (TPSA) is 92.5 Å². The molecule has 0 heterocycles. The van der Waals surface area contributed by atoms with Crippen LogP contribution in [0.3, 0.4) is 0 Å². The van der Waals surface area contributed by atoms with E-state index in [1.54, 1.807) is 6.07 Å². The van der Waals surface area contributed by atoms with Gasteiger partial charge in [-0.15, -0.1) is 0 Å². The van der Waals surface area contributed by atoms with E-state index >= 15 is 0 Å². The maximum absolute atomic E-state index is 12.5. The zero-order chi connectivity index (χ0) is 18.9. The van der Waals surface area contributed by atoms with E-state index in [0.29, 0.717) is 10.6 Å². The number of hydrogen-bond donors (Lipinski definition) is 2. The van der Waals surface area contributed by atoms with Crippen LogP contribution in [-0.4, -0.2) is 15.9 Å². The number of nitrogens with zero attached hydrogens (tertiary/aromatic N) is 1. The Morgan fingerprint density at radius 3 is 2.36 bits per heavy atom. The van der Waals surface area contributed by atoms with Gasteiger partial charge in [-0.25, -0.2) is 0 Å². The number of non-ortho nitro benzene ring substituents is 1. The van der Waals surface area contributed by atoms with Crippen molar-refractivity contribution in [1.29, 1.82) is 0 Å². The molecule has 0 aliphatic heterocycles. The summed E-state index contributed by atoms with van der Waals surface area (Å²) in [4.78, 5) is 22.7. The van der Waals surface area contributed by atoms with Crippen molar-refractivity contribution in [3.05, 3.63) is 61.6 Å². The first kappa shape index (κ1) is 19.0. The van der Waals surface area contributed by atoms with Crippen molar-refractivity contribution >= 4 is 40.5 Å². The van der Waals surface area contributed by atoms with Crippen molar-refractivity contribution in [2.24, 2.45) is 0 Å². The van der Waals surface area contributed by atoms with Gasteiger partial charge in [0, 0.05) is 22.7 Å². The minimum atomic E-state index is -0.624. The van der Waals surface area contributed by atoms with Crippen LogP contribution in [0.1, 0.15) is 36.7 Å². The Hall–Kier alpha value is -2.31. The normalized spacial score (nSPS) is 11.2. The zero-order valence-corrected chi connectivity index (χ0v) is 15.3. The first-order valence-electron chi connectivity index (χ1n) is 7.29. The molecule has 1 amide bonds. The summed E-state index contributed by atoms with van der Waals surface area (Å²) in [5.74, 6) is -0.798. The molecular formula is C17H16Cl2N2O4. The van der Waals surface area contributed by atoms with Crippen LogP contribution in [0.4, 0.5) is 11.4 Å². The molecule has 0 aromatic heterocycles. The number of nitro groups is 1. The molecule has 0 saturated carbocycles. The fourth-order valence-corrected chi connectivity index (χ4v) is 2.69. The van der Waals surface area contributed by atoms with Gasteiger partial charge in [0.1, 0.15) is 5.75 Å². The quantitative estimate of drug-likeness (QED) is 0.566. The fraction of sp³-hybridized carbons (Fsp3) is 0.235. The molecule has 8 heteroatoms. The predicted molar refractivity (Wildman–Crippen MR) is 97.9 cm³/mol. The van der Waals surface area contributed by atoms with E-state index in [9.17, 15) is 20.0 Å². The maximum Gasteiger partial charge on any atom is 0.271 e. The molecule has 0 aliphatic rings. The van der Waals surface area contributed by atoms with Gasteiger partial charge in [-0.05, 0) is 23.6 Å². The van der Waals surface area contributed by atoms with E-state index in [2.05, 4.69) is 5.32 Å². The minimum Gasteiger partial charge on any atom is -0.507 e. The summed E-state index contributed by atoms with van der Waals surface area (Å²) in [7, 11) is 0. The average Bonchev–Trinajstić information content (AvgIpc) is 2.49. The maximum atomic E-state index is 12.5. The van der Waals surface area contributed by atoms with E-state index in [0.717, 1.165) is 6.07 Å². The fourth-order valence-electron chi connectivity index (χ4n) is 2.25. The molecule has 2 aromatic carbocycles. The molecule has 6 nitrogen and oxygen atoms in total. The van der Waals surface area contributed by atoms with Crippen molar-refractivity contribution in [3.63, 3.8) is 0 Å². The number of phenolic OH excluding ortho intramolecular Hbond substituents is 1. The van der Waals surface area contributed by atoms with Crippen LogP contribution in [0.2, 0.25) is 10.0 Å². The SMILES string of the molecule is CC(C)(C)c1cc(Cl)cc(C(=O)Nc2ccc([N+](=O)[O-])cc2Cl)c1O. The van der Waals surface area contributed by atoms with E-state index in [4.69, 9.17) is 23.2 Å². The summed E-state index contributed by atoms with van der Waals surface area (Å²) in [5, 5.41) is 24.0. The van der Waals surface area contributed by atoms with Crippen LogP contribution in [0, 0.1) is 10.1 Å². The third-order valence-corrected chi connectivity index (χ3v) is 4.07. The summed E-state index contributed by atoms with van der Waals surface area (Å²) in [6.45, 7) is 5.65. The first-order valence-corrected chi connectivity index (χ1v) is 8.04. The molecule has 0 spiro atoms. The number of hydrogen-bond acceptors (Lipinski definition) is 4. The number of aromatic hydroxyl groups is 1. The number of benzene rings is 2. The van der Waals surface area contributed by atoms with Crippen molar-refractivity contribution in [3.8, 4) is 5.75 Å². The highest BCUT2D eigenvalue weighted by Gasteiger charge is 2.24. The predicted octanol–water partition coefficient (Wildman–Crippen LogP) is 5.16. The standard InChI is InChI=1S/C17H16Cl2N2O4/c1-17(2,3)12-7-9(18)6-11(15(12)22)16(23)20-14-5-4-10(21(24)25)8-13(14)19/h4-8,22H,1-3H3,(H,20,23). The van der Waals surface area contributed by atoms with E-state index in [1.165, 1.54) is 18.2 Å². The van der Waals surface area contributed by atoms with E-state index < -0.39 is 16.2 Å². The molecule has 2 rings (SSSR count). The highest BCUT2D eigenvalue weighted by Crippen LogP contribution is 2.36. The Labute approximate surface area is 154 Å². The molecule has 25 heavy (non-hydrogen) atoms. The number of rotatable bonds is 3. The van der Waals surface area contributed by atoms with Gasteiger partial charge in [-0.1, -0.05) is 44.0 Å². The smallest absolute Gasteiger partial charge is 0.271 e. The lowest BCUT2D eigenvalue weighted by atomic mass is 9.85. The van der Waals surface area contributed by atoms with Crippen LogP contribution in [0.25, 0.3) is 0 Å². The molecule has 0 radical (unpaired) electrons. The zero-order valence-electron chi connectivity index (χ0n) is 13.8. The van der Waals surface area contributed by atoms with Gasteiger partial charge in [-0.2, -0.15) is 0 Å². The lowest BCUT2D eigenvalue weighted by Crippen LogP contribution is -2.17. The monoisotopic (exact) mass is 382 g/mol. The molecular weight excluding hydrogens is 367 g/mol. The summed E-state index contributed by atoms with van der Waals surface area (Å²) in [5.41, 5.74) is 0.0963. The minimum absolute atomic E-state index is 0.00755. The molecule has 2 N–H and O–H groups in total. The Kier molecular flexibility index (Phi) is 5.25. The number of nitrogens with one attached hydrogen (secondary N) is 1. The summed E-state index contributed by atoms with van der Waals surface area (Å²) in [6, 6.07) is 6.63. The second-order valence-electron chi connectivity index (χ2n) is 6.47. The third kappa shape index (κ3) is 4.21. The van der Waals surface area contributed by atoms with Crippen LogP contribution in [0.15, 0.2) is 30.3 Å². The van der Waals surface area contributed by atoms with E-state index in [1.807, 2.05) is 20.8 Å². The Balaban J connectivity index is 2.39. The summed E-state index contributed by atoms with van der Waals surface area (Å²) >= 11 is 12.0. The Morgan fingerprint density at radius 1 is 1.20 bits per heavy atom. The molecule has 2 aromatic rings. The Morgan fingerprint density at radius 2 is 1.84 bits per heavy atom. The Bertz CT molecular complexity index is 860. The number of amides is 1. The second-order valence-corrected chi connectivity index (χ2v) is 7.32. The van der Waals surface area contributed by atoms with Gasteiger partial charge in [-0.3, -0.25) is 14.9 Å². The number of anilines is 1. The second kappa shape index (κ2) is 6.90. The summed E-state index contributed by atoms with van der Waals surface area (Å²) in [6.07, 6.45) is 0. The molecule has 0 bridgehead atoms. The van der Waals surface area contributed by atoms with Gasteiger partial charge in [0.2, 0.25) is 0 Å². The highest BCUT2D eigenvalue weighted by atomic mass is 35.5. The number of carbonyl (C=O) groups excluding carboxylic acids is 1. The first-order chi connectivity index (χ1) is 11.5. The lowest BCUT2D eigenvalue weighted by Gasteiger charge is -2.22.